The highest BCUT2D eigenvalue weighted by Crippen LogP contribution is 2.36. The quantitative estimate of drug-likeness (QED) is 0.616. The van der Waals surface area contributed by atoms with E-state index in [2.05, 4.69) is 4.98 Å². The maximum atomic E-state index is 6.29. The van der Waals surface area contributed by atoms with Gasteiger partial charge in [0.1, 0.15) is 12.4 Å². The Morgan fingerprint density at radius 3 is 2.80 bits per heavy atom. The molecule has 0 aliphatic carbocycles. The monoisotopic (exact) mass is 373 g/mol. The van der Waals surface area contributed by atoms with E-state index in [0.29, 0.717) is 28.2 Å². The second kappa shape index (κ2) is 6.82. The van der Waals surface area contributed by atoms with Crippen molar-refractivity contribution in [2.24, 2.45) is 0 Å². The predicted molar refractivity (Wildman–Crippen MR) is 96.6 cm³/mol. The molecule has 1 aliphatic rings. The third-order valence-corrected chi connectivity index (χ3v) is 4.63. The van der Waals surface area contributed by atoms with Crippen molar-refractivity contribution >= 4 is 23.2 Å². The zero-order valence-electron chi connectivity index (χ0n) is 13.0. The number of nitrogens with zero attached hydrogens (tertiary/aromatic N) is 1. The van der Waals surface area contributed by atoms with E-state index in [4.69, 9.17) is 37.4 Å². The Balaban J connectivity index is 1.53. The Morgan fingerprint density at radius 2 is 1.88 bits per heavy atom. The summed E-state index contributed by atoms with van der Waals surface area (Å²) >= 11 is 12.4. The summed E-state index contributed by atoms with van der Waals surface area (Å²) in [6.45, 7) is 0.615. The lowest BCUT2D eigenvalue weighted by Crippen LogP contribution is -1.97. The van der Waals surface area contributed by atoms with Gasteiger partial charge in [0, 0.05) is 35.2 Å². The van der Waals surface area contributed by atoms with Crippen LogP contribution in [0.2, 0.25) is 10.0 Å². The van der Waals surface area contributed by atoms with Gasteiger partial charge in [-0.1, -0.05) is 35.3 Å². The number of rotatable bonds is 4. The molecular weight excluding hydrogens is 361 g/mol. The topological polar surface area (TPSA) is 40.6 Å². The van der Waals surface area contributed by atoms with Crippen LogP contribution in [0.1, 0.15) is 5.56 Å². The van der Waals surface area contributed by atoms with Gasteiger partial charge in [0.25, 0.3) is 0 Å². The number of benzene rings is 2. The molecule has 2 aromatic carbocycles. The summed E-state index contributed by atoms with van der Waals surface area (Å²) in [5.41, 5.74) is 2.65. The maximum absolute atomic E-state index is 6.29. The largest absolute Gasteiger partial charge is 0.489 e. The lowest BCUT2D eigenvalue weighted by Gasteiger charge is -2.09. The van der Waals surface area contributed by atoms with E-state index in [1.54, 1.807) is 18.5 Å². The van der Waals surface area contributed by atoms with E-state index < -0.39 is 0 Å². The van der Waals surface area contributed by atoms with Crippen LogP contribution in [0.5, 0.6) is 17.2 Å². The van der Waals surface area contributed by atoms with Crippen molar-refractivity contribution in [1.29, 1.82) is 0 Å². The first-order valence-electron chi connectivity index (χ1n) is 7.61. The summed E-state index contributed by atoms with van der Waals surface area (Å²) in [5, 5.41) is 1.03. The van der Waals surface area contributed by atoms with Crippen LogP contribution in [0.25, 0.3) is 11.1 Å². The molecule has 126 valence electrons. The van der Waals surface area contributed by atoms with Crippen LogP contribution < -0.4 is 14.2 Å². The third-order valence-electron chi connectivity index (χ3n) is 3.81. The molecule has 0 saturated heterocycles. The standard InChI is InChI=1S/C19H13Cl2NO3/c20-16-3-1-2-15(19(16)21)13-6-12(8-22-9-13)10-23-14-4-5-17-18(7-14)25-11-24-17/h1-9H,10-11H2. The van der Waals surface area contributed by atoms with E-state index in [1.807, 2.05) is 36.4 Å². The number of hydrogen-bond donors (Lipinski definition) is 0. The van der Waals surface area contributed by atoms with Gasteiger partial charge >= 0.3 is 0 Å². The Kier molecular flexibility index (Phi) is 4.38. The summed E-state index contributed by atoms with van der Waals surface area (Å²) in [6.07, 6.45) is 3.51. The van der Waals surface area contributed by atoms with Gasteiger partial charge in [-0.15, -0.1) is 0 Å². The zero-order valence-corrected chi connectivity index (χ0v) is 14.6. The lowest BCUT2D eigenvalue weighted by molar-refractivity contribution is 0.173. The summed E-state index contributed by atoms with van der Waals surface area (Å²) in [7, 11) is 0. The molecule has 1 aromatic heterocycles. The molecule has 0 spiro atoms. The van der Waals surface area contributed by atoms with Gasteiger partial charge in [-0.3, -0.25) is 4.98 Å². The summed E-state index contributed by atoms with van der Waals surface area (Å²) in [4.78, 5) is 4.28. The van der Waals surface area contributed by atoms with Crippen molar-refractivity contribution in [1.82, 2.24) is 4.98 Å². The SMILES string of the molecule is Clc1cccc(-c2cncc(COc3ccc4c(c3)OCO4)c2)c1Cl. The normalized spacial score (nSPS) is 12.2. The fraction of sp³-hybridized carbons (Fsp3) is 0.105. The van der Waals surface area contributed by atoms with E-state index in [-0.39, 0.29) is 6.79 Å². The summed E-state index contributed by atoms with van der Waals surface area (Å²) in [5.74, 6) is 2.12. The number of hydrogen-bond acceptors (Lipinski definition) is 4. The van der Waals surface area contributed by atoms with E-state index in [0.717, 1.165) is 22.4 Å². The molecular formula is C19H13Cl2NO3. The minimum Gasteiger partial charge on any atom is -0.489 e. The van der Waals surface area contributed by atoms with Crippen LogP contribution in [-0.4, -0.2) is 11.8 Å². The van der Waals surface area contributed by atoms with Gasteiger partial charge in [0.05, 0.1) is 10.0 Å². The second-order valence-corrected chi connectivity index (χ2v) is 6.27. The molecule has 0 bridgehead atoms. The van der Waals surface area contributed by atoms with Crippen LogP contribution in [0.3, 0.4) is 0 Å². The molecule has 0 N–H and O–H groups in total. The highest BCUT2D eigenvalue weighted by atomic mass is 35.5. The second-order valence-electron chi connectivity index (χ2n) is 5.49. The minimum atomic E-state index is 0.241. The Labute approximate surface area is 154 Å². The summed E-state index contributed by atoms with van der Waals surface area (Å²) in [6, 6.07) is 13.0. The fourth-order valence-corrected chi connectivity index (χ4v) is 2.98. The van der Waals surface area contributed by atoms with Gasteiger partial charge in [-0.05, 0) is 24.3 Å². The van der Waals surface area contributed by atoms with Gasteiger partial charge in [0.15, 0.2) is 11.5 Å². The van der Waals surface area contributed by atoms with Crippen molar-refractivity contribution < 1.29 is 14.2 Å². The maximum Gasteiger partial charge on any atom is 0.231 e. The Hall–Kier alpha value is -2.43. The lowest BCUT2D eigenvalue weighted by atomic mass is 10.1. The number of pyridine rings is 1. The molecule has 0 saturated carbocycles. The molecule has 0 atom stereocenters. The van der Waals surface area contributed by atoms with Gasteiger partial charge in [0.2, 0.25) is 6.79 Å². The molecule has 6 heteroatoms. The molecule has 3 aromatic rings. The van der Waals surface area contributed by atoms with Gasteiger partial charge in [-0.2, -0.15) is 0 Å². The first-order chi connectivity index (χ1) is 12.2. The molecule has 1 aliphatic heterocycles. The number of fused-ring (bicyclic) bond motifs is 1. The summed E-state index contributed by atoms with van der Waals surface area (Å²) < 4.78 is 16.5. The first-order valence-corrected chi connectivity index (χ1v) is 8.37. The fourth-order valence-electron chi connectivity index (χ4n) is 2.57. The van der Waals surface area contributed by atoms with Crippen molar-refractivity contribution in [3.8, 4) is 28.4 Å². The highest BCUT2D eigenvalue weighted by molar-refractivity contribution is 6.43. The number of halogens is 2. The molecule has 0 radical (unpaired) electrons. The molecule has 2 heterocycles. The molecule has 4 rings (SSSR count). The van der Waals surface area contributed by atoms with Crippen LogP contribution >= 0.6 is 23.2 Å². The molecule has 25 heavy (non-hydrogen) atoms. The zero-order chi connectivity index (χ0) is 17.2. The van der Waals surface area contributed by atoms with E-state index >= 15 is 0 Å². The smallest absolute Gasteiger partial charge is 0.231 e. The Bertz CT molecular complexity index is 930. The highest BCUT2D eigenvalue weighted by Gasteiger charge is 2.14. The van der Waals surface area contributed by atoms with Crippen molar-refractivity contribution in [2.75, 3.05) is 6.79 Å². The molecule has 0 fully saturated rings. The average molecular weight is 374 g/mol. The van der Waals surface area contributed by atoms with Crippen molar-refractivity contribution in [2.45, 2.75) is 6.61 Å². The molecule has 0 amide bonds. The number of aromatic nitrogens is 1. The van der Waals surface area contributed by atoms with Crippen LogP contribution in [0.15, 0.2) is 54.9 Å². The minimum absolute atomic E-state index is 0.241. The van der Waals surface area contributed by atoms with Gasteiger partial charge < -0.3 is 14.2 Å². The molecule has 0 unspecified atom stereocenters. The van der Waals surface area contributed by atoms with Crippen molar-refractivity contribution in [3.05, 3.63) is 70.5 Å². The molecule has 4 nitrogen and oxygen atoms in total. The van der Waals surface area contributed by atoms with Gasteiger partial charge in [-0.25, -0.2) is 0 Å². The van der Waals surface area contributed by atoms with Crippen LogP contribution in [-0.2, 0) is 6.61 Å². The number of ether oxygens (including phenoxy) is 3. The van der Waals surface area contributed by atoms with Crippen LogP contribution in [0, 0.1) is 0 Å². The average Bonchev–Trinajstić information content (AvgIpc) is 3.10. The van der Waals surface area contributed by atoms with E-state index in [9.17, 15) is 0 Å². The van der Waals surface area contributed by atoms with E-state index in [1.165, 1.54) is 0 Å². The first kappa shape index (κ1) is 16.1. The third kappa shape index (κ3) is 3.36. The van der Waals surface area contributed by atoms with Crippen LogP contribution in [0.4, 0.5) is 0 Å². The Morgan fingerprint density at radius 1 is 1.00 bits per heavy atom. The predicted octanol–water partition coefficient (Wildman–Crippen LogP) is 5.36. The van der Waals surface area contributed by atoms with Crippen molar-refractivity contribution in [3.63, 3.8) is 0 Å².